The van der Waals surface area contributed by atoms with Crippen molar-refractivity contribution in [2.45, 2.75) is 26.3 Å². The smallest absolute Gasteiger partial charge is 0.328 e. The van der Waals surface area contributed by atoms with E-state index in [4.69, 9.17) is 4.74 Å². The van der Waals surface area contributed by atoms with Gasteiger partial charge in [0.2, 0.25) is 0 Å². The summed E-state index contributed by atoms with van der Waals surface area (Å²) in [4.78, 5) is 23.8. The Hall–Kier alpha value is -1.11. The number of hydrogen-bond acceptors (Lipinski definition) is 3. The number of carbonyl (C=O) groups excluding carboxylic acids is 2. The van der Waals surface area contributed by atoms with Crippen molar-refractivity contribution < 1.29 is 14.3 Å². The Morgan fingerprint density at radius 2 is 2.11 bits per heavy atom. The van der Waals surface area contributed by atoms with E-state index >= 15 is 0 Å². The van der Waals surface area contributed by atoms with E-state index in [2.05, 4.69) is 27.9 Å². The van der Waals surface area contributed by atoms with Gasteiger partial charge in [0, 0.05) is 9.13 Å². The predicted octanol–water partition coefficient (Wildman–Crippen LogP) is 2.61. The monoisotopic (exact) mass is 375 g/mol. The standard InChI is InChI=1S/C14H18INO3/c1-4-9(2)12(14(18)19-3)16-13(17)10-6-5-7-11(15)8-10/h5-9,12H,4H2,1-3H3,(H,16,17)/t9-,12-/m0/s1. The van der Waals surface area contributed by atoms with Gasteiger partial charge in [-0.05, 0) is 46.7 Å². The second kappa shape index (κ2) is 7.47. The summed E-state index contributed by atoms with van der Waals surface area (Å²) in [5, 5.41) is 2.75. The number of esters is 1. The fraction of sp³-hybridized carbons (Fsp3) is 0.429. The van der Waals surface area contributed by atoms with Crippen molar-refractivity contribution in [3.63, 3.8) is 0 Å². The third-order valence-corrected chi connectivity index (χ3v) is 3.71. The van der Waals surface area contributed by atoms with Gasteiger partial charge < -0.3 is 10.1 Å². The molecule has 1 rings (SSSR count). The minimum absolute atomic E-state index is 0.0270. The van der Waals surface area contributed by atoms with E-state index in [0.717, 1.165) is 9.99 Å². The molecule has 0 aliphatic carbocycles. The lowest BCUT2D eigenvalue weighted by molar-refractivity contribution is -0.144. The maximum Gasteiger partial charge on any atom is 0.328 e. The molecule has 0 unspecified atom stereocenters. The normalized spacial score (nSPS) is 13.5. The molecule has 1 amide bonds. The molecular weight excluding hydrogens is 357 g/mol. The summed E-state index contributed by atoms with van der Waals surface area (Å²) >= 11 is 2.14. The number of benzene rings is 1. The molecule has 0 saturated carbocycles. The number of carbonyl (C=O) groups is 2. The van der Waals surface area contributed by atoms with Crippen LogP contribution in [0.2, 0.25) is 0 Å². The van der Waals surface area contributed by atoms with Crippen LogP contribution in [-0.2, 0) is 9.53 Å². The molecule has 19 heavy (non-hydrogen) atoms. The largest absolute Gasteiger partial charge is 0.467 e. The molecule has 0 bridgehead atoms. The second-order valence-corrected chi connectivity index (χ2v) is 5.62. The average Bonchev–Trinajstić information content (AvgIpc) is 2.42. The van der Waals surface area contributed by atoms with Gasteiger partial charge >= 0.3 is 5.97 Å². The minimum Gasteiger partial charge on any atom is -0.467 e. The minimum atomic E-state index is -0.611. The SMILES string of the molecule is CC[C@H](C)[C@H](NC(=O)c1cccc(I)c1)C(=O)OC. The van der Waals surface area contributed by atoms with E-state index < -0.39 is 12.0 Å². The van der Waals surface area contributed by atoms with Crippen molar-refractivity contribution in [2.24, 2.45) is 5.92 Å². The lowest BCUT2D eigenvalue weighted by atomic mass is 9.99. The van der Waals surface area contributed by atoms with Crippen LogP contribution in [-0.4, -0.2) is 25.0 Å². The van der Waals surface area contributed by atoms with Crippen LogP contribution in [0.15, 0.2) is 24.3 Å². The zero-order valence-electron chi connectivity index (χ0n) is 11.3. The van der Waals surface area contributed by atoms with Crippen LogP contribution >= 0.6 is 22.6 Å². The zero-order chi connectivity index (χ0) is 14.4. The number of nitrogens with one attached hydrogen (secondary N) is 1. The first kappa shape index (κ1) is 15.9. The van der Waals surface area contributed by atoms with Crippen LogP contribution in [0.1, 0.15) is 30.6 Å². The van der Waals surface area contributed by atoms with Gasteiger partial charge in [0.25, 0.3) is 5.91 Å². The van der Waals surface area contributed by atoms with E-state index in [1.807, 2.05) is 26.0 Å². The number of amides is 1. The van der Waals surface area contributed by atoms with Crippen LogP contribution in [0.3, 0.4) is 0 Å². The molecule has 0 aliphatic heterocycles. The molecule has 5 heteroatoms. The fourth-order valence-corrected chi connectivity index (χ4v) is 2.19. The highest BCUT2D eigenvalue weighted by molar-refractivity contribution is 14.1. The summed E-state index contributed by atoms with van der Waals surface area (Å²) in [6.45, 7) is 3.88. The first-order valence-corrected chi connectivity index (χ1v) is 7.21. The van der Waals surface area contributed by atoms with Crippen molar-refractivity contribution in [1.29, 1.82) is 0 Å². The molecule has 0 heterocycles. The first-order valence-electron chi connectivity index (χ1n) is 6.13. The zero-order valence-corrected chi connectivity index (χ0v) is 13.4. The third-order valence-electron chi connectivity index (χ3n) is 3.04. The first-order chi connectivity index (χ1) is 8.99. The number of ether oxygens (including phenoxy) is 1. The van der Waals surface area contributed by atoms with Gasteiger partial charge in [0.1, 0.15) is 6.04 Å². The van der Waals surface area contributed by atoms with E-state index in [1.54, 1.807) is 12.1 Å². The fourth-order valence-electron chi connectivity index (χ4n) is 1.65. The number of halogens is 1. The van der Waals surface area contributed by atoms with E-state index in [1.165, 1.54) is 7.11 Å². The van der Waals surface area contributed by atoms with Crippen molar-refractivity contribution in [3.05, 3.63) is 33.4 Å². The summed E-state index contributed by atoms with van der Waals surface area (Å²) in [5.74, 6) is -0.637. The number of rotatable bonds is 5. The van der Waals surface area contributed by atoms with Crippen LogP contribution in [0.5, 0.6) is 0 Å². The Balaban J connectivity index is 2.84. The van der Waals surface area contributed by atoms with Crippen LogP contribution < -0.4 is 5.32 Å². The van der Waals surface area contributed by atoms with Crippen LogP contribution in [0.25, 0.3) is 0 Å². The molecule has 0 aromatic heterocycles. The molecular formula is C14H18INO3. The lowest BCUT2D eigenvalue weighted by Gasteiger charge is -2.21. The van der Waals surface area contributed by atoms with Crippen molar-refractivity contribution >= 4 is 34.5 Å². The topological polar surface area (TPSA) is 55.4 Å². The Morgan fingerprint density at radius 1 is 1.42 bits per heavy atom. The maximum atomic E-state index is 12.1. The Morgan fingerprint density at radius 3 is 2.63 bits per heavy atom. The van der Waals surface area contributed by atoms with Gasteiger partial charge in [0.05, 0.1) is 7.11 Å². The van der Waals surface area contributed by atoms with Gasteiger partial charge in [-0.1, -0.05) is 26.3 Å². The van der Waals surface area contributed by atoms with Gasteiger partial charge in [0.15, 0.2) is 0 Å². The van der Waals surface area contributed by atoms with Gasteiger partial charge in [-0.15, -0.1) is 0 Å². The Kier molecular flexibility index (Phi) is 6.27. The molecule has 4 nitrogen and oxygen atoms in total. The van der Waals surface area contributed by atoms with Gasteiger partial charge in [-0.25, -0.2) is 4.79 Å². The summed E-state index contributed by atoms with van der Waals surface area (Å²) in [7, 11) is 1.33. The highest BCUT2D eigenvalue weighted by Crippen LogP contribution is 2.12. The Labute approximate surface area is 127 Å². The highest BCUT2D eigenvalue weighted by atomic mass is 127. The molecule has 2 atom stereocenters. The highest BCUT2D eigenvalue weighted by Gasteiger charge is 2.26. The van der Waals surface area contributed by atoms with E-state index in [9.17, 15) is 9.59 Å². The quantitative estimate of drug-likeness (QED) is 0.636. The van der Waals surface area contributed by atoms with Crippen molar-refractivity contribution in [1.82, 2.24) is 5.32 Å². The summed E-state index contributed by atoms with van der Waals surface area (Å²) in [6.07, 6.45) is 0.784. The van der Waals surface area contributed by atoms with Crippen molar-refractivity contribution in [2.75, 3.05) is 7.11 Å². The molecule has 0 saturated heterocycles. The molecule has 104 valence electrons. The average molecular weight is 375 g/mol. The second-order valence-electron chi connectivity index (χ2n) is 4.37. The molecule has 1 N–H and O–H groups in total. The van der Waals surface area contributed by atoms with Crippen LogP contribution in [0.4, 0.5) is 0 Å². The van der Waals surface area contributed by atoms with Crippen LogP contribution in [0, 0.1) is 9.49 Å². The molecule has 0 radical (unpaired) electrons. The molecule has 1 aromatic rings. The van der Waals surface area contributed by atoms with E-state index in [-0.39, 0.29) is 11.8 Å². The third kappa shape index (κ3) is 4.49. The molecule has 0 fully saturated rings. The number of hydrogen-bond donors (Lipinski definition) is 1. The number of methoxy groups -OCH3 is 1. The summed E-state index contributed by atoms with van der Waals surface area (Å²) in [6, 6.07) is 6.61. The predicted molar refractivity (Wildman–Crippen MR) is 81.9 cm³/mol. The maximum absolute atomic E-state index is 12.1. The lowest BCUT2D eigenvalue weighted by Crippen LogP contribution is -2.45. The molecule has 0 spiro atoms. The summed E-state index contributed by atoms with van der Waals surface area (Å²) in [5.41, 5.74) is 0.545. The summed E-state index contributed by atoms with van der Waals surface area (Å²) < 4.78 is 5.72. The van der Waals surface area contributed by atoms with E-state index in [0.29, 0.717) is 5.56 Å². The molecule has 1 aromatic carbocycles. The van der Waals surface area contributed by atoms with Gasteiger partial charge in [-0.3, -0.25) is 4.79 Å². The van der Waals surface area contributed by atoms with Gasteiger partial charge in [-0.2, -0.15) is 0 Å². The van der Waals surface area contributed by atoms with Crippen molar-refractivity contribution in [3.8, 4) is 0 Å². The Bertz CT molecular complexity index is 462. The molecule has 0 aliphatic rings.